The monoisotopic (exact) mass is 441 g/mol. The van der Waals surface area contributed by atoms with Crippen LogP contribution in [0.15, 0.2) is 29.2 Å². The van der Waals surface area contributed by atoms with E-state index in [0.717, 1.165) is 27.8 Å². The van der Waals surface area contributed by atoms with Gasteiger partial charge >= 0.3 is 5.97 Å². The van der Waals surface area contributed by atoms with Crippen LogP contribution in [0.5, 0.6) is 0 Å². The topological polar surface area (TPSA) is 106 Å². The van der Waals surface area contributed by atoms with Crippen LogP contribution >= 0.6 is 11.3 Å². The summed E-state index contributed by atoms with van der Waals surface area (Å²) in [6, 6.07) is 3.56. The first kappa shape index (κ1) is 21.3. The lowest BCUT2D eigenvalue weighted by molar-refractivity contribution is -0.119. The average molecular weight is 442 g/mol. The van der Waals surface area contributed by atoms with Crippen molar-refractivity contribution < 1.29 is 27.1 Å². The lowest BCUT2D eigenvalue weighted by Gasteiger charge is -2.23. The molecule has 1 aliphatic heterocycles. The Hall–Kier alpha value is -2.37. The summed E-state index contributed by atoms with van der Waals surface area (Å²) < 4.78 is 45.0. The van der Waals surface area contributed by atoms with Crippen molar-refractivity contribution in [3.63, 3.8) is 0 Å². The van der Waals surface area contributed by atoms with Crippen LogP contribution in [-0.4, -0.2) is 48.8 Å². The molecule has 1 fully saturated rings. The van der Waals surface area contributed by atoms with Gasteiger partial charge in [-0.2, -0.15) is 4.31 Å². The van der Waals surface area contributed by atoms with Crippen molar-refractivity contribution in [1.29, 1.82) is 0 Å². The molecule has 0 saturated carbocycles. The van der Waals surface area contributed by atoms with Crippen molar-refractivity contribution in [1.82, 2.24) is 9.29 Å². The van der Waals surface area contributed by atoms with Crippen molar-refractivity contribution >= 4 is 38.4 Å². The first-order valence-corrected chi connectivity index (χ1v) is 11.2. The van der Waals surface area contributed by atoms with Gasteiger partial charge in [-0.1, -0.05) is 11.3 Å². The van der Waals surface area contributed by atoms with Crippen LogP contribution in [0, 0.1) is 12.7 Å². The minimum Gasteiger partial charge on any atom is -0.462 e. The Kier molecular flexibility index (Phi) is 6.30. The molecule has 1 aromatic heterocycles. The molecule has 11 heteroatoms. The number of rotatable bonds is 6. The van der Waals surface area contributed by atoms with E-state index in [-0.39, 0.29) is 28.1 Å². The maximum absolute atomic E-state index is 13.1. The SMILES string of the molecule is CCOC(=O)c1sc(NC(=O)C2CCCN2S(=O)(=O)c2ccc(F)cc2)nc1C. The number of amides is 1. The highest BCUT2D eigenvalue weighted by molar-refractivity contribution is 7.89. The van der Waals surface area contributed by atoms with Crippen molar-refractivity contribution in [2.24, 2.45) is 0 Å². The molecule has 0 bridgehead atoms. The summed E-state index contributed by atoms with van der Waals surface area (Å²) >= 11 is 0.974. The number of anilines is 1. The smallest absolute Gasteiger partial charge is 0.350 e. The molecule has 29 heavy (non-hydrogen) atoms. The summed E-state index contributed by atoms with van der Waals surface area (Å²) in [7, 11) is -3.95. The number of aryl methyl sites for hydroxylation is 1. The number of hydrogen-bond acceptors (Lipinski definition) is 7. The molecule has 1 atom stereocenters. The zero-order valence-electron chi connectivity index (χ0n) is 15.8. The molecule has 8 nitrogen and oxygen atoms in total. The Bertz CT molecular complexity index is 1020. The van der Waals surface area contributed by atoms with Gasteiger partial charge < -0.3 is 10.1 Å². The Morgan fingerprint density at radius 2 is 2.03 bits per heavy atom. The number of ether oxygens (including phenoxy) is 1. The fourth-order valence-corrected chi connectivity index (χ4v) is 5.58. The van der Waals surface area contributed by atoms with E-state index in [0.29, 0.717) is 18.5 Å². The van der Waals surface area contributed by atoms with Crippen molar-refractivity contribution in [3.8, 4) is 0 Å². The summed E-state index contributed by atoms with van der Waals surface area (Å²) in [5.41, 5.74) is 0.422. The maximum atomic E-state index is 13.1. The van der Waals surface area contributed by atoms with Gasteiger partial charge in [0.05, 0.1) is 17.2 Å². The molecule has 156 valence electrons. The number of nitrogens with one attached hydrogen (secondary N) is 1. The van der Waals surface area contributed by atoms with Gasteiger partial charge in [0.1, 0.15) is 16.7 Å². The molecule has 2 heterocycles. The van der Waals surface area contributed by atoms with Crippen LogP contribution in [0.1, 0.15) is 35.1 Å². The summed E-state index contributed by atoms with van der Waals surface area (Å²) in [6.45, 7) is 3.71. The van der Waals surface area contributed by atoms with E-state index in [9.17, 15) is 22.4 Å². The van der Waals surface area contributed by atoms with Gasteiger partial charge in [-0.25, -0.2) is 22.6 Å². The molecule has 0 aliphatic carbocycles. The van der Waals surface area contributed by atoms with Crippen LogP contribution in [0.25, 0.3) is 0 Å². The molecule has 1 saturated heterocycles. The Morgan fingerprint density at radius 1 is 1.34 bits per heavy atom. The van der Waals surface area contributed by atoms with Crippen LogP contribution in [0.4, 0.5) is 9.52 Å². The number of esters is 1. The highest BCUT2D eigenvalue weighted by Crippen LogP contribution is 2.29. The Balaban J connectivity index is 1.78. The second-order valence-electron chi connectivity index (χ2n) is 6.37. The summed E-state index contributed by atoms with van der Waals surface area (Å²) in [5.74, 6) is -1.60. The number of carbonyl (C=O) groups is 2. The van der Waals surface area contributed by atoms with Crippen molar-refractivity contribution in [3.05, 3.63) is 40.7 Å². The number of aromatic nitrogens is 1. The fourth-order valence-electron chi connectivity index (χ4n) is 3.06. The molecule has 1 unspecified atom stereocenters. The molecule has 0 radical (unpaired) electrons. The summed E-state index contributed by atoms with van der Waals surface area (Å²) in [5, 5.41) is 2.80. The quantitative estimate of drug-likeness (QED) is 0.691. The predicted molar refractivity (Wildman–Crippen MR) is 105 cm³/mol. The number of benzene rings is 1. The molecule has 1 aliphatic rings. The van der Waals surface area contributed by atoms with Gasteiger partial charge in [0, 0.05) is 6.54 Å². The number of halogens is 1. The molecule has 1 aromatic carbocycles. The van der Waals surface area contributed by atoms with Crippen molar-refractivity contribution in [2.75, 3.05) is 18.5 Å². The number of hydrogen-bond donors (Lipinski definition) is 1. The minimum atomic E-state index is -3.95. The zero-order valence-corrected chi connectivity index (χ0v) is 17.5. The van der Waals surface area contributed by atoms with Gasteiger partial charge in [0.2, 0.25) is 15.9 Å². The van der Waals surface area contributed by atoms with Gasteiger partial charge in [0.25, 0.3) is 0 Å². The normalized spacial score (nSPS) is 17.3. The average Bonchev–Trinajstić information content (AvgIpc) is 3.29. The standard InChI is InChI=1S/C18H20FN3O5S2/c1-3-27-17(24)15-11(2)20-18(28-15)21-16(23)14-5-4-10-22(14)29(25,26)13-8-6-12(19)7-9-13/h6-9,14H,3-5,10H2,1-2H3,(H,20,21,23). The van der Waals surface area contributed by atoms with Crippen molar-refractivity contribution in [2.45, 2.75) is 37.6 Å². The van der Waals surface area contributed by atoms with E-state index in [1.807, 2.05) is 0 Å². The first-order valence-electron chi connectivity index (χ1n) is 8.97. The third-order valence-electron chi connectivity index (χ3n) is 4.41. The Labute approximate surface area is 171 Å². The van der Waals surface area contributed by atoms with Crippen LogP contribution in [-0.2, 0) is 19.6 Å². The fraction of sp³-hybridized carbons (Fsp3) is 0.389. The van der Waals surface area contributed by atoms with E-state index in [4.69, 9.17) is 4.74 Å². The molecular weight excluding hydrogens is 421 g/mol. The lowest BCUT2D eigenvalue weighted by atomic mass is 10.2. The van der Waals surface area contributed by atoms with Gasteiger partial charge in [-0.3, -0.25) is 4.79 Å². The lowest BCUT2D eigenvalue weighted by Crippen LogP contribution is -2.43. The van der Waals surface area contributed by atoms with Gasteiger partial charge in [0.15, 0.2) is 5.13 Å². The third-order valence-corrected chi connectivity index (χ3v) is 7.39. The summed E-state index contributed by atoms with van der Waals surface area (Å²) in [6.07, 6.45) is 0.866. The second kappa shape index (κ2) is 8.56. The van der Waals surface area contributed by atoms with E-state index >= 15 is 0 Å². The highest BCUT2D eigenvalue weighted by Gasteiger charge is 2.39. The molecule has 0 spiro atoms. The first-order chi connectivity index (χ1) is 13.7. The van der Waals surface area contributed by atoms with E-state index in [1.165, 1.54) is 12.1 Å². The number of thiazole rings is 1. The molecular formula is C18H20FN3O5S2. The second-order valence-corrected chi connectivity index (χ2v) is 9.26. The van der Waals surface area contributed by atoms with Gasteiger partial charge in [-0.15, -0.1) is 0 Å². The van der Waals surface area contributed by atoms with Crippen LogP contribution in [0.2, 0.25) is 0 Å². The predicted octanol–water partition coefficient (Wildman–Crippen LogP) is 2.56. The number of carbonyl (C=O) groups excluding carboxylic acids is 2. The van der Waals surface area contributed by atoms with Gasteiger partial charge in [-0.05, 0) is 51.0 Å². The van der Waals surface area contributed by atoms with E-state index < -0.39 is 33.8 Å². The number of sulfonamides is 1. The highest BCUT2D eigenvalue weighted by atomic mass is 32.2. The summed E-state index contributed by atoms with van der Waals surface area (Å²) in [4.78, 5) is 29.0. The maximum Gasteiger partial charge on any atom is 0.350 e. The van der Waals surface area contributed by atoms with E-state index in [1.54, 1.807) is 13.8 Å². The third kappa shape index (κ3) is 4.46. The van der Waals surface area contributed by atoms with Crippen LogP contribution < -0.4 is 5.32 Å². The molecule has 1 amide bonds. The van der Waals surface area contributed by atoms with Crippen LogP contribution in [0.3, 0.4) is 0 Å². The minimum absolute atomic E-state index is 0.0757. The number of nitrogens with zero attached hydrogens (tertiary/aromatic N) is 2. The largest absolute Gasteiger partial charge is 0.462 e. The molecule has 3 rings (SSSR count). The molecule has 1 N–H and O–H groups in total. The molecule has 2 aromatic rings. The van der Waals surface area contributed by atoms with E-state index in [2.05, 4.69) is 10.3 Å². The zero-order chi connectivity index (χ0) is 21.2. The Morgan fingerprint density at radius 3 is 2.69 bits per heavy atom.